The Morgan fingerprint density at radius 2 is 2.00 bits per heavy atom. The maximum atomic E-state index is 13.1. The van der Waals surface area contributed by atoms with E-state index in [0.29, 0.717) is 10.9 Å². The fourth-order valence-corrected chi connectivity index (χ4v) is 5.86. The zero-order valence-electron chi connectivity index (χ0n) is 18.4. The van der Waals surface area contributed by atoms with E-state index in [9.17, 15) is 4.79 Å². The van der Waals surface area contributed by atoms with Gasteiger partial charge < -0.3 is 4.74 Å². The molecule has 166 valence electrons. The van der Waals surface area contributed by atoms with Gasteiger partial charge >= 0.3 is 5.97 Å². The van der Waals surface area contributed by atoms with E-state index in [1.807, 2.05) is 54.7 Å². The number of ether oxygens (including phenoxy) is 1. The van der Waals surface area contributed by atoms with Gasteiger partial charge in [0.1, 0.15) is 6.10 Å². The van der Waals surface area contributed by atoms with Crippen LogP contribution in [0.5, 0.6) is 0 Å². The number of pyridine rings is 1. The molecule has 5 heteroatoms. The molecule has 0 saturated carbocycles. The molecule has 3 aromatic rings. The zero-order valence-corrected chi connectivity index (χ0v) is 19.2. The SMILES string of the molecule is CCC1CN2CCC1CC2C(OC(=O)Cc1ccccc1Cl)c1ccnc2ccccc12. The van der Waals surface area contributed by atoms with Crippen molar-refractivity contribution in [3.05, 3.63) is 76.9 Å². The predicted octanol–water partition coefficient (Wildman–Crippen LogP) is 5.84. The van der Waals surface area contributed by atoms with E-state index in [-0.39, 0.29) is 24.5 Å². The van der Waals surface area contributed by atoms with Gasteiger partial charge in [-0.25, -0.2) is 0 Å². The van der Waals surface area contributed by atoms with Crippen molar-refractivity contribution < 1.29 is 9.53 Å². The number of carbonyl (C=O) groups excluding carboxylic acids is 1. The van der Waals surface area contributed by atoms with E-state index in [1.165, 1.54) is 12.8 Å². The van der Waals surface area contributed by atoms with E-state index in [1.54, 1.807) is 0 Å². The highest BCUT2D eigenvalue weighted by Crippen LogP contribution is 2.44. The van der Waals surface area contributed by atoms with Crippen LogP contribution in [0.25, 0.3) is 10.9 Å². The molecule has 3 aliphatic rings. The van der Waals surface area contributed by atoms with Crippen LogP contribution in [-0.2, 0) is 16.0 Å². The summed E-state index contributed by atoms with van der Waals surface area (Å²) in [5, 5.41) is 1.65. The molecule has 5 unspecified atom stereocenters. The van der Waals surface area contributed by atoms with Crippen molar-refractivity contribution >= 4 is 28.5 Å². The van der Waals surface area contributed by atoms with Crippen LogP contribution < -0.4 is 0 Å². The molecule has 2 aromatic carbocycles. The van der Waals surface area contributed by atoms with Crippen LogP contribution in [0.4, 0.5) is 0 Å². The Kier molecular flexibility index (Phi) is 6.16. The van der Waals surface area contributed by atoms with Crippen molar-refractivity contribution in [3.8, 4) is 0 Å². The van der Waals surface area contributed by atoms with Crippen LogP contribution >= 0.6 is 11.6 Å². The van der Waals surface area contributed by atoms with E-state index >= 15 is 0 Å². The number of hydrogen-bond donors (Lipinski definition) is 0. The Labute approximate surface area is 194 Å². The Morgan fingerprint density at radius 3 is 2.78 bits per heavy atom. The summed E-state index contributed by atoms with van der Waals surface area (Å²) >= 11 is 6.31. The Hall–Kier alpha value is -2.43. The number of piperidine rings is 3. The quantitative estimate of drug-likeness (QED) is 0.444. The Balaban J connectivity index is 1.48. The van der Waals surface area contributed by atoms with E-state index < -0.39 is 0 Å². The van der Waals surface area contributed by atoms with Gasteiger partial charge in [0.2, 0.25) is 0 Å². The van der Waals surface area contributed by atoms with Gasteiger partial charge in [-0.15, -0.1) is 0 Å². The molecule has 0 spiro atoms. The lowest BCUT2D eigenvalue weighted by molar-refractivity contribution is -0.157. The third-order valence-corrected chi connectivity index (χ3v) is 7.72. The number of rotatable bonds is 6. The topological polar surface area (TPSA) is 42.4 Å². The number of nitrogens with zero attached hydrogens (tertiary/aromatic N) is 2. The van der Waals surface area contributed by atoms with E-state index in [0.717, 1.165) is 47.5 Å². The third-order valence-electron chi connectivity index (χ3n) is 7.35. The van der Waals surface area contributed by atoms with Gasteiger partial charge in [-0.2, -0.15) is 0 Å². The first-order valence-electron chi connectivity index (χ1n) is 11.6. The molecule has 0 N–H and O–H groups in total. The number of para-hydroxylation sites is 1. The summed E-state index contributed by atoms with van der Waals surface area (Å²) < 4.78 is 6.30. The molecule has 6 rings (SSSR count). The second-order valence-electron chi connectivity index (χ2n) is 9.11. The van der Waals surface area contributed by atoms with Gasteiger partial charge in [-0.3, -0.25) is 14.7 Å². The van der Waals surface area contributed by atoms with Gasteiger partial charge in [0.05, 0.1) is 18.0 Å². The lowest BCUT2D eigenvalue weighted by atomic mass is 9.72. The molecule has 5 atom stereocenters. The van der Waals surface area contributed by atoms with Crippen molar-refractivity contribution in [2.24, 2.45) is 11.8 Å². The monoisotopic (exact) mass is 448 g/mol. The molecule has 1 aromatic heterocycles. The highest BCUT2D eigenvalue weighted by molar-refractivity contribution is 6.31. The van der Waals surface area contributed by atoms with Crippen molar-refractivity contribution in [2.45, 2.75) is 44.8 Å². The average Bonchev–Trinajstić information content (AvgIpc) is 2.84. The van der Waals surface area contributed by atoms with Crippen molar-refractivity contribution in [2.75, 3.05) is 13.1 Å². The molecule has 3 fully saturated rings. The summed E-state index contributed by atoms with van der Waals surface area (Å²) in [5.41, 5.74) is 2.78. The summed E-state index contributed by atoms with van der Waals surface area (Å²) in [6.07, 6.45) is 5.21. The highest BCUT2D eigenvalue weighted by Gasteiger charge is 2.44. The fourth-order valence-electron chi connectivity index (χ4n) is 5.65. The first-order chi connectivity index (χ1) is 15.6. The van der Waals surface area contributed by atoms with Crippen molar-refractivity contribution in [3.63, 3.8) is 0 Å². The molecular formula is C27H29ClN2O2. The van der Waals surface area contributed by atoms with E-state index in [4.69, 9.17) is 16.3 Å². The van der Waals surface area contributed by atoms with Gasteiger partial charge in [0, 0.05) is 28.7 Å². The first-order valence-corrected chi connectivity index (χ1v) is 12.0. The van der Waals surface area contributed by atoms with Crippen LogP contribution in [-0.4, -0.2) is 35.0 Å². The number of hydrogen-bond acceptors (Lipinski definition) is 4. The molecule has 3 aliphatic heterocycles. The minimum Gasteiger partial charge on any atom is -0.456 e. The molecule has 2 bridgehead atoms. The zero-order chi connectivity index (χ0) is 22.1. The molecule has 0 radical (unpaired) electrons. The maximum absolute atomic E-state index is 13.1. The number of fused-ring (bicyclic) bond motifs is 4. The number of carbonyl (C=O) groups is 1. The Morgan fingerprint density at radius 1 is 1.19 bits per heavy atom. The number of halogens is 1. The predicted molar refractivity (Wildman–Crippen MR) is 128 cm³/mol. The minimum atomic E-state index is -0.321. The van der Waals surface area contributed by atoms with Crippen LogP contribution in [0.2, 0.25) is 5.02 Å². The van der Waals surface area contributed by atoms with Crippen LogP contribution in [0.15, 0.2) is 60.8 Å². The average molecular weight is 449 g/mol. The summed E-state index contributed by atoms with van der Waals surface area (Å²) in [6.45, 7) is 4.46. The smallest absolute Gasteiger partial charge is 0.310 e. The molecule has 3 saturated heterocycles. The molecule has 4 nitrogen and oxygen atoms in total. The number of benzene rings is 2. The largest absolute Gasteiger partial charge is 0.456 e. The second kappa shape index (κ2) is 9.21. The molecule has 0 amide bonds. The summed E-state index contributed by atoms with van der Waals surface area (Å²) in [4.78, 5) is 20.2. The van der Waals surface area contributed by atoms with Gasteiger partial charge in [0.25, 0.3) is 0 Å². The van der Waals surface area contributed by atoms with E-state index in [2.05, 4.69) is 22.9 Å². The first kappa shape index (κ1) is 21.4. The summed E-state index contributed by atoms with van der Waals surface area (Å²) in [7, 11) is 0. The molecular weight excluding hydrogens is 420 g/mol. The van der Waals surface area contributed by atoms with Crippen molar-refractivity contribution in [1.82, 2.24) is 9.88 Å². The van der Waals surface area contributed by atoms with Crippen LogP contribution in [0.3, 0.4) is 0 Å². The number of esters is 1. The lowest BCUT2D eigenvalue weighted by Crippen LogP contribution is -2.55. The van der Waals surface area contributed by atoms with Crippen LogP contribution in [0, 0.1) is 11.8 Å². The molecule has 4 heterocycles. The second-order valence-corrected chi connectivity index (χ2v) is 9.52. The van der Waals surface area contributed by atoms with Gasteiger partial charge in [-0.1, -0.05) is 61.3 Å². The summed E-state index contributed by atoms with van der Waals surface area (Å²) in [6, 6.07) is 17.8. The normalized spacial score (nSPS) is 25.6. The molecule has 32 heavy (non-hydrogen) atoms. The lowest BCUT2D eigenvalue weighted by Gasteiger charge is -2.51. The summed E-state index contributed by atoms with van der Waals surface area (Å²) in [5.74, 6) is 1.21. The van der Waals surface area contributed by atoms with Crippen LogP contribution in [0.1, 0.15) is 43.4 Å². The van der Waals surface area contributed by atoms with Crippen molar-refractivity contribution in [1.29, 1.82) is 0 Å². The third kappa shape index (κ3) is 4.14. The maximum Gasteiger partial charge on any atom is 0.310 e. The Bertz CT molecular complexity index is 1110. The minimum absolute atomic E-state index is 0.174. The van der Waals surface area contributed by atoms with Gasteiger partial charge in [-0.05, 0) is 55.0 Å². The number of aromatic nitrogens is 1. The standard InChI is InChI=1S/C27H29ClN2O2/c1-2-18-17-30-14-12-19(18)15-25(30)27(22-11-13-29-24-10-6-4-8-21(22)24)32-26(31)16-20-7-3-5-9-23(20)28/h3-11,13,18-19,25,27H,2,12,14-17H2,1H3. The highest BCUT2D eigenvalue weighted by atomic mass is 35.5. The van der Waals surface area contributed by atoms with Gasteiger partial charge in [0.15, 0.2) is 0 Å². The fraction of sp³-hybridized carbons (Fsp3) is 0.407. The molecule has 0 aliphatic carbocycles.